The van der Waals surface area contributed by atoms with Gasteiger partial charge in [-0.15, -0.1) is 0 Å². The molecular weight excluding hydrogens is 340 g/mol. The van der Waals surface area contributed by atoms with Crippen LogP contribution in [0.1, 0.15) is 30.9 Å². The van der Waals surface area contributed by atoms with Gasteiger partial charge in [0.15, 0.2) is 6.61 Å². The first-order valence-electron chi connectivity index (χ1n) is 9.59. The van der Waals surface area contributed by atoms with E-state index in [0.29, 0.717) is 12.3 Å². The minimum Gasteiger partial charge on any atom is -0.497 e. The maximum absolute atomic E-state index is 12.3. The van der Waals surface area contributed by atoms with Gasteiger partial charge in [-0.05, 0) is 55.8 Å². The van der Waals surface area contributed by atoms with Crippen LogP contribution in [0.3, 0.4) is 0 Å². The normalized spacial score (nSPS) is 15.7. The van der Waals surface area contributed by atoms with E-state index in [2.05, 4.69) is 22.3 Å². The molecule has 1 N–H and O–H groups in total. The van der Waals surface area contributed by atoms with Crippen molar-refractivity contribution in [2.75, 3.05) is 33.4 Å². The van der Waals surface area contributed by atoms with Gasteiger partial charge in [-0.1, -0.05) is 36.8 Å². The van der Waals surface area contributed by atoms with Crippen molar-refractivity contribution in [2.24, 2.45) is 0 Å². The average Bonchev–Trinajstić information content (AvgIpc) is 2.74. The number of para-hydroxylation sites is 1. The van der Waals surface area contributed by atoms with Crippen LogP contribution in [0, 0.1) is 0 Å². The Kier molecular flexibility index (Phi) is 7.11. The summed E-state index contributed by atoms with van der Waals surface area (Å²) in [6.45, 7) is 2.73. The second-order valence-corrected chi connectivity index (χ2v) is 6.79. The Hall–Kier alpha value is -2.53. The lowest BCUT2D eigenvalue weighted by Crippen LogP contribution is -2.41. The number of piperidine rings is 1. The van der Waals surface area contributed by atoms with Gasteiger partial charge in [-0.2, -0.15) is 0 Å². The highest BCUT2D eigenvalue weighted by Gasteiger charge is 2.23. The first-order chi connectivity index (χ1) is 13.3. The van der Waals surface area contributed by atoms with Gasteiger partial charge in [0.1, 0.15) is 11.5 Å². The van der Waals surface area contributed by atoms with E-state index in [1.54, 1.807) is 7.11 Å². The van der Waals surface area contributed by atoms with Gasteiger partial charge >= 0.3 is 0 Å². The van der Waals surface area contributed by atoms with Crippen LogP contribution in [0.25, 0.3) is 0 Å². The molecule has 0 spiro atoms. The van der Waals surface area contributed by atoms with Crippen LogP contribution in [0.5, 0.6) is 11.5 Å². The molecule has 0 unspecified atom stereocenters. The Morgan fingerprint density at radius 2 is 1.70 bits per heavy atom. The molecular formula is C22H28N2O3. The van der Waals surface area contributed by atoms with Crippen molar-refractivity contribution >= 4 is 5.91 Å². The molecule has 1 saturated heterocycles. The zero-order valence-corrected chi connectivity index (χ0v) is 15.9. The van der Waals surface area contributed by atoms with Gasteiger partial charge in [-0.25, -0.2) is 0 Å². The fraction of sp³-hybridized carbons (Fsp3) is 0.409. The third kappa shape index (κ3) is 5.73. The smallest absolute Gasteiger partial charge is 0.258 e. The van der Waals surface area contributed by atoms with E-state index in [0.717, 1.165) is 18.8 Å². The zero-order valence-electron chi connectivity index (χ0n) is 15.9. The minimum absolute atomic E-state index is 0.0271. The van der Waals surface area contributed by atoms with E-state index in [1.165, 1.54) is 24.8 Å². The van der Waals surface area contributed by atoms with Crippen molar-refractivity contribution in [2.45, 2.75) is 25.3 Å². The maximum atomic E-state index is 12.3. The summed E-state index contributed by atoms with van der Waals surface area (Å²) in [6.07, 6.45) is 3.69. The number of ether oxygens (including phenoxy) is 2. The van der Waals surface area contributed by atoms with E-state index in [1.807, 2.05) is 42.5 Å². The molecule has 2 aromatic rings. The fourth-order valence-corrected chi connectivity index (χ4v) is 3.44. The highest BCUT2D eigenvalue weighted by molar-refractivity contribution is 5.77. The second kappa shape index (κ2) is 9.97. The summed E-state index contributed by atoms with van der Waals surface area (Å²) in [4.78, 5) is 14.7. The van der Waals surface area contributed by atoms with Crippen LogP contribution in [0.2, 0.25) is 0 Å². The Bertz CT molecular complexity index is 697. The monoisotopic (exact) mass is 368 g/mol. The Balaban J connectivity index is 1.59. The second-order valence-electron chi connectivity index (χ2n) is 6.79. The number of amides is 1. The molecule has 0 bridgehead atoms. The van der Waals surface area contributed by atoms with Crippen LogP contribution >= 0.6 is 0 Å². The van der Waals surface area contributed by atoms with E-state index in [4.69, 9.17) is 9.47 Å². The number of carbonyl (C=O) groups is 1. The van der Waals surface area contributed by atoms with Crippen molar-refractivity contribution in [1.29, 1.82) is 0 Å². The molecule has 1 fully saturated rings. The van der Waals surface area contributed by atoms with Crippen molar-refractivity contribution in [3.05, 3.63) is 60.2 Å². The summed E-state index contributed by atoms with van der Waals surface area (Å²) in [7, 11) is 1.67. The minimum atomic E-state index is -0.102. The van der Waals surface area contributed by atoms with Crippen molar-refractivity contribution in [1.82, 2.24) is 10.2 Å². The molecule has 1 heterocycles. The molecule has 0 aliphatic carbocycles. The van der Waals surface area contributed by atoms with Gasteiger partial charge in [0.05, 0.1) is 13.2 Å². The highest BCUT2D eigenvalue weighted by atomic mass is 16.5. The molecule has 0 radical (unpaired) electrons. The maximum Gasteiger partial charge on any atom is 0.258 e. The quantitative estimate of drug-likeness (QED) is 0.776. The number of rotatable bonds is 8. The number of likely N-dealkylation sites (tertiary alicyclic amines) is 1. The largest absolute Gasteiger partial charge is 0.497 e. The molecule has 144 valence electrons. The number of nitrogens with zero attached hydrogens (tertiary/aromatic N) is 1. The van der Waals surface area contributed by atoms with E-state index >= 15 is 0 Å². The first kappa shape index (κ1) is 19.2. The van der Waals surface area contributed by atoms with Crippen LogP contribution in [0.15, 0.2) is 54.6 Å². The third-order valence-electron chi connectivity index (χ3n) is 4.94. The van der Waals surface area contributed by atoms with Gasteiger partial charge in [0, 0.05) is 6.54 Å². The lowest BCUT2D eigenvalue weighted by Gasteiger charge is -2.35. The van der Waals surface area contributed by atoms with E-state index in [9.17, 15) is 4.79 Å². The fourth-order valence-electron chi connectivity index (χ4n) is 3.44. The lowest BCUT2D eigenvalue weighted by atomic mass is 10.0. The van der Waals surface area contributed by atoms with Gasteiger partial charge in [0.2, 0.25) is 0 Å². The topological polar surface area (TPSA) is 50.8 Å². The number of hydrogen-bond donors (Lipinski definition) is 1. The number of benzene rings is 2. The van der Waals surface area contributed by atoms with Crippen LogP contribution in [-0.2, 0) is 4.79 Å². The van der Waals surface area contributed by atoms with E-state index in [-0.39, 0.29) is 18.6 Å². The number of carbonyl (C=O) groups excluding carboxylic acids is 1. The molecule has 5 heteroatoms. The summed E-state index contributed by atoms with van der Waals surface area (Å²) in [5.74, 6) is 1.45. The Morgan fingerprint density at radius 1 is 1.00 bits per heavy atom. The van der Waals surface area contributed by atoms with Gasteiger partial charge in [0.25, 0.3) is 5.91 Å². The molecule has 1 aliphatic heterocycles. The lowest BCUT2D eigenvalue weighted by molar-refractivity contribution is -0.123. The summed E-state index contributed by atoms with van der Waals surface area (Å²) < 4.78 is 10.8. The molecule has 1 amide bonds. The van der Waals surface area contributed by atoms with E-state index < -0.39 is 0 Å². The summed E-state index contributed by atoms with van der Waals surface area (Å²) in [5, 5.41) is 3.04. The number of nitrogens with one attached hydrogen (secondary N) is 1. The summed E-state index contributed by atoms with van der Waals surface area (Å²) >= 11 is 0. The SMILES string of the molecule is COc1ccc([C@H](CNC(=O)COc2ccccc2)N2CCCCC2)cc1. The molecule has 1 aliphatic rings. The number of hydrogen-bond acceptors (Lipinski definition) is 4. The molecule has 5 nitrogen and oxygen atoms in total. The first-order valence-corrected chi connectivity index (χ1v) is 9.59. The molecule has 0 aromatic heterocycles. The average molecular weight is 368 g/mol. The Labute approximate surface area is 161 Å². The van der Waals surface area contributed by atoms with Crippen LogP contribution in [-0.4, -0.2) is 44.2 Å². The van der Waals surface area contributed by atoms with Crippen molar-refractivity contribution in [3.8, 4) is 11.5 Å². The standard InChI is InChI=1S/C22H28N2O3/c1-26-19-12-10-18(11-13-19)21(24-14-6-3-7-15-24)16-23-22(25)17-27-20-8-4-2-5-9-20/h2,4-5,8-13,21H,3,6-7,14-17H2,1H3,(H,23,25)/t21-/m0/s1. The van der Waals surface area contributed by atoms with Crippen molar-refractivity contribution < 1.29 is 14.3 Å². The predicted molar refractivity (Wildman–Crippen MR) is 106 cm³/mol. The molecule has 27 heavy (non-hydrogen) atoms. The van der Waals surface area contributed by atoms with Crippen LogP contribution < -0.4 is 14.8 Å². The highest BCUT2D eigenvalue weighted by Crippen LogP contribution is 2.25. The summed E-state index contributed by atoms with van der Waals surface area (Å²) in [5.41, 5.74) is 1.20. The van der Waals surface area contributed by atoms with Gasteiger partial charge in [-0.3, -0.25) is 9.69 Å². The molecule has 3 rings (SSSR count). The predicted octanol–water partition coefficient (Wildman–Crippen LogP) is 3.42. The summed E-state index contributed by atoms with van der Waals surface area (Å²) in [6, 6.07) is 17.7. The molecule has 1 atom stereocenters. The Morgan fingerprint density at radius 3 is 2.37 bits per heavy atom. The molecule has 2 aromatic carbocycles. The molecule has 0 saturated carbocycles. The van der Waals surface area contributed by atoms with Crippen LogP contribution in [0.4, 0.5) is 0 Å². The van der Waals surface area contributed by atoms with Gasteiger partial charge < -0.3 is 14.8 Å². The third-order valence-corrected chi connectivity index (χ3v) is 4.94. The zero-order chi connectivity index (χ0) is 18.9. The van der Waals surface area contributed by atoms with Crippen molar-refractivity contribution in [3.63, 3.8) is 0 Å². The number of methoxy groups -OCH3 is 1.